The van der Waals surface area contributed by atoms with Crippen LogP contribution in [0.1, 0.15) is 19.5 Å². The summed E-state index contributed by atoms with van der Waals surface area (Å²) < 4.78 is 20.9. The van der Waals surface area contributed by atoms with E-state index in [0.29, 0.717) is 11.4 Å². The van der Waals surface area contributed by atoms with Gasteiger partial charge in [0.15, 0.2) is 5.82 Å². The topological polar surface area (TPSA) is 122 Å². The molecule has 0 bridgehead atoms. The van der Waals surface area contributed by atoms with Crippen molar-refractivity contribution in [2.45, 2.75) is 20.0 Å². The number of carbonyl (C=O) groups is 2. The Morgan fingerprint density at radius 2 is 2.26 bits per heavy atom. The number of benzene rings is 1. The predicted molar refractivity (Wildman–Crippen MR) is 91.6 cm³/mol. The summed E-state index contributed by atoms with van der Waals surface area (Å²) in [5.74, 6) is -0.853. The molecule has 1 aliphatic rings. The van der Waals surface area contributed by atoms with Crippen LogP contribution in [0.2, 0.25) is 0 Å². The second-order valence-electron chi connectivity index (χ2n) is 5.92. The fraction of sp³-hybridized carbons (Fsp3) is 0.312. The lowest BCUT2D eigenvalue weighted by Gasteiger charge is -2.14. The van der Waals surface area contributed by atoms with Crippen LogP contribution in [0.4, 0.5) is 14.9 Å². The van der Waals surface area contributed by atoms with E-state index in [9.17, 15) is 14.0 Å². The van der Waals surface area contributed by atoms with Crippen LogP contribution in [-0.4, -0.2) is 57.1 Å². The molecule has 1 atom stereocenters. The van der Waals surface area contributed by atoms with Gasteiger partial charge in [-0.3, -0.25) is 9.69 Å². The standard InChI is InChI=1S/C16H17FN6O4/c1-9(20-26)14-8-23(21-19-14)15-4-3-11(5-13(15)17)22-7-12(27-16(22)25)6-18-10(2)24/h3-5,8,12,26H,6-7H2,1-2H3,(H,18,24)/b20-9+/t12-/m0/s1. The molecule has 0 aliphatic carbocycles. The van der Waals surface area contributed by atoms with E-state index in [1.807, 2.05) is 0 Å². The summed E-state index contributed by atoms with van der Waals surface area (Å²) in [7, 11) is 0. The molecule has 1 fully saturated rings. The molecule has 0 unspecified atom stereocenters. The van der Waals surface area contributed by atoms with Gasteiger partial charge in [-0.05, 0) is 25.1 Å². The van der Waals surface area contributed by atoms with E-state index in [-0.39, 0.29) is 30.4 Å². The molecule has 11 heteroatoms. The minimum absolute atomic E-state index is 0.116. The number of nitrogens with one attached hydrogen (secondary N) is 1. The number of cyclic esters (lactones) is 1. The van der Waals surface area contributed by atoms with E-state index in [2.05, 4.69) is 20.8 Å². The lowest BCUT2D eigenvalue weighted by Crippen LogP contribution is -2.33. The van der Waals surface area contributed by atoms with Gasteiger partial charge in [-0.1, -0.05) is 10.4 Å². The molecule has 2 aromatic rings. The van der Waals surface area contributed by atoms with Gasteiger partial charge < -0.3 is 15.3 Å². The summed E-state index contributed by atoms with van der Waals surface area (Å²) in [5, 5.41) is 22.0. The summed E-state index contributed by atoms with van der Waals surface area (Å²) in [6.07, 6.45) is 0.291. The largest absolute Gasteiger partial charge is 0.442 e. The first-order chi connectivity index (χ1) is 12.9. The number of ether oxygens (including phenoxy) is 1. The molecule has 1 aromatic carbocycles. The van der Waals surface area contributed by atoms with Gasteiger partial charge in [0.05, 0.1) is 25.0 Å². The van der Waals surface area contributed by atoms with Gasteiger partial charge in [0.25, 0.3) is 0 Å². The molecule has 2 amide bonds. The van der Waals surface area contributed by atoms with Crippen LogP contribution in [0.5, 0.6) is 0 Å². The van der Waals surface area contributed by atoms with E-state index in [1.165, 1.54) is 41.8 Å². The van der Waals surface area contributed by atoms with Crippen molar-refractivity contribution in [3.8, 4) is 5.69 Å². The van der Waals surface area contributed by atoms with Crippen LogP contribution in [-0.2, 0) is 9.53 Å². The van der Waals surface area contributed by atoms with Crippen LogP contribution in [0, 0.1) is 5.82 Å². The predicted octanol–water partition coefficient (Wildman–Crippen LogP) is 1.07. The van der Waals surface area contributed by atoms with Crippen LogP contribution in [0.15, 0.2) is 29.6 Å². The smallest absolute Gasteiger partial charge is 0.414 e. The van der Waals surface area contributed by atoms with Crippen LogP contribution in [0.25, 0.3) is 5.69 Å². The van der Waals surface area contributed by atoms with Crippen molar-refractivity contribution in [2.24, 2.45) is 5.16 Å². The first kappa shape index (κ1) is 18.3. The van der Waals surface area contributed by atoms with Crippen molar-refractivity contribution < 1.29 is 23.9 Å². The highest BCUT2D eigenvalue weighted by Crippen LogP contribution is 2.25. The van der Waals surface area contributed by atoms with E-state index < -0.39 is 18.0 Å². The summed E-state index contributed by atoms with van der Waals surface area (Å²) >= 11 is 0. The minimum atomic E-state index is -0.624. The van der Waals surface area contributed by atoms with E-state index in [0.717, 1.165) is 0 Å². The van der Waals surface area contributed by atoms with Gasteiger partial charge in [-0.15, -0.1) is 5.10 Å². The van der Waals surface area contributed by atoms with E-state index in [4.69, 9.17) is 9.94 Å². The second kappa shape index (κ2) is 7.40. The third-order valence-corrected chi connectivity index (χ3v) is 3.96. The fourth-order valence-electron chi connectivity index (χ4n) is 2.54. The molecule has 3 rings (SSSR count). The molecule has 1 aromatic heterocycles. The maximum Gasteiger partial charge on any atom is 0.414 e. The lowest BCUT2D eigenvalue weighted by molar-refractivity contribution is -0.119. The Balaban J connectivity index is 1.78. The van der Waals surface area contributed by atoms with Crippen molar-refractivity contribution in [1.29, 1.82) is 0 Å². The number of oxime groups is 1. The van der Waals surface area contributed by atoms with Crippen molar-refractivity contribution in [1.82, 2.24) is 20.3 Å². The van der Waals surface area contributed by atoms with Gasteiger partial charge >= 0.3 is 6.09 Å². The van der Waals surface area contributed by atoms with Crippen molar-refractivity contribution in [3.05, 3.63) is 35.9 Å². The fourth-order valence-corrected chi connectivity index (χ4v) is 2.54. The number of rotatable bonds is 5. The van der Waals surface area contributed by atoms with Gasteiger partial charge in [-0.2, -0.15) is 0 Å². The second-order valence-corrected chi connectivity index (χ2v) is 5.92. The molecule has 10 nitrogen and oxygen atoms in total. The number of amides is 2. The maximum atomic E-state index is 14.6. The highest BCUT2D eigenvalue weighted by Gasteiger charge is 2.32. The Hall–Kier alpha value is -3.50. The molecule has 0 radical (unpaired) electrons. The van der Waals surface area contributed by atoms with Gasteiger partial charge in [-0.25, -0.2) is 13.9 Å². The molecule has 142 valence electrons. The molecular formula is C16H17FN6O4. The molecule has 2 heterocycles. The Labute approximate surface area is 153 Å². The molecule has 1 saturated heterocycles. The zero-order chi connectivity index (χ0) is 19.6. The average molecular weight is 376 g/mol. The molecule has 2 N–H and O–H groups in total. The average Bonchev–Trinajstić information content (AvgIpc) is 3.26. The van der Waals surface area contributed by atoms with Crippen LogP contribution in [0.3, 0.4) is 0 Å². The Morgan fingerprint density at radius 1 is 1.48 bits per heavy atom. The zero-order valence-corrected chi connectivity index (χ0v) is 14.6. The summed E-state index contributed by atoms with van der Waals surface area (Å²) in [6, 6.07) is 4.18. The molecule has 1 aliphatic heterocycles. The number of aromatic nitrogens is 3. The number of nitrogens with zero attached hydrogens (tertiary/aromatic N) is 5. The summed E-state index contributed by atoms with van der Waals surface area (Å²) in [5.41, 5.74) is 0.971. The Kier molecular flexibility index (Phi) is 5.01. The molecular weight excluding hydrogens is 359 g/mol. The molecule has 0 spiro atoms. The van der Waals surface area contributed by atoms with Gasteiger partial charge in [0.2, 0.25) is 5.91 Å². The van der Waals surface area contributed by atoms with Gasteiger partial charge in [0.1, 0.15) is 23.2 Å². The number of hydrogen-bond acceptors (Lipinski definition) is 7. The van der Waals surface area contributed by atoms with Crippen LogP contribution >= 0.6 is 0 Å². The summed E-state index contributed by atoms with van der Waals surface area (Å²) in [4.78, 5) is 24.3. The van der Waals surface area contributed by atoms with Crippen LogP contribution < -0.4 is 10.2 Å². The zero-order valence-electron chi connectivity index (χ0n) is 14.6. The highest BCUT2D eigenvalue weighted by molar-refractivity contribution is 5.96. The van der Waals surface area contributed by atoms with E-state index >= 15 is 0 Å². The van der Waals surface area contributed by atoms with Crippen molar-refractivity contribution in [2.75, 3.05) is 18.0 Å². The van der Waals surface area contributed by atoms with Gasteiger partial charge in [0, 0.05) is 6.92 Å². The number of anilines is 1. The molecule has 27 heavy (non-hydrogen) atoms. The minimum Gasteiger partial charge on any atom is -0.442 e. The normalized spacial score (nSPS) is 17.1. The molecule has 0 saturated carbocycles. The number of halogens is 1. The first-order valence-corrected chi connectivity index (χ1v) is 8.03. The lowest BCUT2D eigenvalue weighted by atomic mass is 10.2. The maximum absolute atomic E-state index is 14.6. The quantitative estimate of drug-likeness (QED) is 0.457. The number of hydrogen-bond donors (Lipinski definition) is 2. The monoisotopic (exact) mass is 376 g/mol. The van der Waals surface area contributed by atoms with Crippen molar-refractivity contribution >= 4 is 23.4 Å². The highest BCUT2D eigenvalue weighted by atomic mass is 19.1. The van der Waals surface area contributed by atoms with Crippen molar-refractivity contribution in [3.63, 3.8) is 0 Å². The first-order valence-electron chi connectivity index (χ1n) is 8.03. The Bertz CT molecular complexity index is 912. The Morgan fingerprint density at radius 3 is 2.93 bits per heavy atom. The third-order valence-electron chi connectivity index (χ3n) is 3.96. The number of carbonyl (C=O) groups excluding carboxylic acids is 2. The third kappa shape index (κ3) is 3.86. The SMILES string of the molecule is CC(=O)NC[C@H]1CN(c2ccc(-n3cc(/C(C)=N/O)nn3)c(F)c2)C(=O)O1. The van der Waals surface area contributed by atoms with E-state index in [1.54, 1.807) is 6.07 Å². The summed E-state index contributed by atoms with van der Waals surface area (Å²) in [6.45, 7) is 3.28.